The zero-order valence-electron chi connectivity index (χ0n) is 14.5. The van der Waals surface area contributed by atoms with Crippen molar-refractivity contribution in [2.45, 2.75) is 39.2 Å². The van der Waals surface area contributed by atoms with Gasteiger partial charge in [0.25, 0.3) is 0 Å². The third-order valence-corrected chi connectivity index (χ3v) is 6.08. The fourth-order valence-electron chi connectivity index (χ4n) is 3.68. The van der Waals surface area contributed by atoms with Crippen molar-refractivity contribution in [2.75, 3.05) is 53.4 Å². The van der Waals surface area contributed by atoms with Gasteiger partial charge in [0.15, 0.2) is 6.04 Å². The monoisotopic (exact) mass is 538 g/mol. The van der Waals surface area contributed by atoms with Gasteiger partial charge in [0, 0.05) is 6.42 Å². The molecule has 2 bridgehead atoms. The van der Waals surface area contributed by atoms with Crippen LogP contribution >= 0.6 is 0 Å². The molecule has 3 fully saturated rings. The molecule has 1 unspecified atom stereocenters. The summed E-state index contributed by atoms with van der Waals surface area (Å²) < 4.78 is 7.53. The second kappa shape index (κ2) is 9.36. The molecule has 3 aliphatic rings. The lowest BCUT2D eigenvalue weighted by molar-refractivity contribution is -0.940. The number of carbonyl (C=O) groups excluding carboxylic acids is 1. The lowest BCUT2D eigenvalue weighted by Crippen LogP contribution is -3.00. The van der Waals surface area contributed by atoms with Crippen molar-refractivity contribution in [2.24, 2.45) is 5.92 Å². The predicted octanol–water partition coefficient (Wildman–Crippen LogP) is -4.35. The SMILES string of the molecule is CC[N+](C)(CC)CCOC(=O)C1CC2CC[N+]1(C)CC2.[I-].[I-]. The smallest absolute Gasteiger partial charge is 0.365 e. The Balaban J connectivity index is 0.00000220. The molecule has 0 aromatic carbocycles. The van der Waals surface area contributed by atoms with Crippen molar-refractivity contribution >= 4 is 5.97 Å². The maximum atomic E-state index is 12.4. The molecule has 0 aromatic rings. The Hall–Kier alpha value is 0.850. The molecule has 0 aromatic heterocycles. The molecule has 3 aliphatic heterocycles. The summed E-state index contributed by atoms with van der Waals surface area (Å²) in [7, 11) is 4.47. The number of hydrogen-bond donors (Lipinski definition) is 0. The van der Waals surface area contributed by atoms with Gasteiger partial charge in [-0.1, -0.05) is 0 Å². The van der Waals surface area contributed by atoms with E-state index in [0.717, 1.165) is 54.0 Å². The van der Waals surface area contributed by atoms with Crippen molar-refractivity contribution in [1.82, 2.24) is 0 Å². The lowest BCUT2D eigenvalue weighted by atomic mass is 9.81. The Kier molecular flexibility index (Phi) is 9.73. The average Bonchev–Trinajstić information content (AvgIpc) is 2.47. The summed E-state index contributed by atoms with van der Waals surface area (Å²) in [6, 6.07) is 0.101. The van der Waals surface area contributed by atoms with Gasteiger partial charge >= 0.3 is 5.97 Å². The number of esters is 1. The highest BCUT2D eigenvalue weighted by Crippen LogP contribution is 2.37. The van der Waals surface area contributed by atoms with Gasteiger partial charge in [0.2, 0.25) is 0 Å². The molecule has 6 heteroatoms. The van der Waals surface area contributed by atoms with Crippen molar-refractivity contribution < 1.29 is 66.5 Å². The molecule has 0 spiro atoms. The number of carbonyl (C=O) groups is 1. The van der Waals surface area contributed by atoms with Gasteiger partial charge < -0.3 is 61.7 Å². The van der Waals surface area contributed by atoms with Crippen LogP contribution in [0.1, 0.15) is 33.1 Å². The summed E-state index contributed by atoms with van der Waals surface area (Å²) >= 11 is 0. The maximum Gasteiger partial charge on any atom is 0.365 e. The number of quaternary nitrogens is 2. The molecule has 0 aliphatic carbocycles. The van der Waals surface area contributed by atoms with Gasteiger partial charge in [-0.25, -0.2) is 4.79 Å². The van der Waals surface area contributed by atoms with E-state index in [-0.39, 0.29) is 60.0 Å². The second-order valence-electron chi connectivity index (χ2n) is 7.26. The van der Waals surface area contributed by atoms with E-state index in [9.17, 15) is 4.79 Å². The first kappa shape index (κ1) is 22.9. The Labute approximate surface area is 170 Å². The molecule has 0 radical (unpaired) electrons. The number of halogens is 2. The number of hydrogen-bond acceptors (Lipinski definition) is 2. The van der Waals surface area contributed by atoms with Crippen molar-refractivity contribution in [3.63, 3.8) is 0 Å². The van der Waals surface area contributed by atoms with Crippen LogP contribution in [0, 0.1) is 5.92 Å². The molecule has 3 saturated heterocycles. The Morgan fingerprint density at radius 1 is 1.18 bits per heavy atom. The van der Waals surface area contributed by atoms with E-state index in [1.54, 1.807) is 0 Å². The summed E-state index contributed by atoms with van der Waals surface area (Å²) in [6.45, 7) is 10.4. The Morgan fingerprint density at radius 3 is 2.18 bits per heavy atom. The molecule has 1 atom stereocenters. The number of piperidine rings is 3. The topological polar surface area (TPSA) is 26.3 Å². The molecular formula is C16H32I2N2O2. The zero-order valence-corrected chi connectivity index (χ0v) is 18.8. The maximum absolute atomic E-state index is 12.4. The number of fused-ring (bicyclic) bond motifs is 3. The van der Waals surface area contributed by atoms with E-state index in [0.29, 0.717) is 6.61 Å². The quantitative estimate of drug-likeness (QED) is 0.195. The highest BCUT2D eigenvalue weighted by molar-refractivity contribution is 5.74. The second-order valence-corrected chi connectivity index (χ2v) is 7.26. The first-order chi connectivity index (χ1) is 9.42. The minimum atomic E-state index is 0. The molecule has 132 valence electrons. The highest BCUT2D eigenvalue weighted by atomic mass is 127. The molecule has 22 heavy (non-hydrogen) atoms. The lowest BCUT2D eigenvalue weighted by Gasteiger charge is -2.50. The van der Waals surface area contributed by atoms with Crippen LogP contribution < -0.4 is 48.0 Å². The molecule has 0 amide bonds. The van der Waals surface area contributed by atoms with Gasteiger partial charge in [0.05, 0.1) is 40.3 Å². The molecule has 0 saturated carbocycles. The van der Waals surface area contributed by atoms with Crippen LogP contribution in [0.2, 0.25) is 0 Å². The Morgan fingerprint density at radius 2 is 1.73 bits per heavy atom. The van der Waals surface area contributed by atoms with E-state index < -0.39 is 0 Å². The molecule has 0 N–H and O–H groups in total. The average molecular weight is 538 g/mol. The zero-order chi connectivity index (χ0) is 14.8. The first-order valence-electron chi connectivity index (χ1n) is 8.27. The fraction of sp³-hybridized carbons (Fsp3) is 0.938. The van der Waals surface area contributed by atoms with Crippen molar-refractivity contribution in [3.05, 3.63) is 0 Å². The normalized spacial score (nSPS) is 30.2. The third-order valence-electron chi connectivity index (χ3n) is 6.08. The number of rotatable bonds is 6. The van der Waals surface area contributed by atoms with Crippen molar-refractivity contribution in [3.8, 4) is 0 Å². The van der Waals surface area contributed by atoms with E-state index in [4.69, 9.17) is 4.74 Å². The van der Waals surface area contributed by atoms with Gasteiger partial charge in [-0.3, -0.25) is 0 Å². The van der Waals surface area contributed by atoms with Crippen LogP contribution in [-0.2, 0) is 9.53 Å². The number of likely N-dealkylation sites (N-methyl/N-ethyl adjacent to an activating group) is 2. The van der Waals surface area contributed by atoms with Crippen LogP contribution in [0.15, 0.2) is 0 Å². The van der Waals surface area contributed by atoms with Crippen LogP contribution in [0.3, 0.4) is 0 Å². The number of nitrogens with zero attached hydrogens (tertiary/aromatic N) is 2. The van der Waals surface area contributed by atoms with Crippen LogP contribution in [0.25, 0.3) is 0 Å². The van der Waals surface area contributed by atoms with Gasteiger partial charge in [-0.2, -0.15) is 0 Å². The van der Waals surface area contributed by atoms with Crippen molar-refractivity contribution in [1.29, 1.82) is 0 Å². The molecule has 4 nitrogen and oxygen atoms in total. The van der Waals surface area contributed by atoms with Crippen LogP contribution in [-0.4, -0.2) is 74.4 Å². The third kappa shape index (κ3) is 5.17. The van der Waals surface area contributed by atoms with E-state index >= 15 is 0 Å². The summed E-state index contributed by atoms with van der Waals surface area (Å²) in [4.78, 5) is 12.4. The molecule has 3 heterocycles. The largest absolute Gasteiger partial charge is 1.00 e. The summed E-state index contributed by atoms with van der Waals surface area (Å²) in [5.74, 6) is 0.815. The predicted molar refractivity (Wildman–Crippen MR) is 80.1 cm³/mol. The minimum Gasteiger partial charge on any atom is -1.00 e. The number of ether oxygens (including phenoxy) is 1. The highest BCUT2D eigenvalue weighted by Gasteiger charge is 2.49. The van der Waals surface area contributed by atoms with Gasteiger partial charge in [-0.05, 0) is 32.6 Å². The van der Waals surface area contributed by atoms with Crippen LogP contribution in [0.4, 0.5) is 0 Å². The summed E-state index contributed by atoms with van der Waals surface area (Å²) in [6.07, 6.45) is 3.63. The van der Waals surface area contributed by atoms with Crippen LogP contribution in [0.5, 0.6) is 0 Å². The Bertz CT molecular complexity index is 354. The first-order valence-corrected chi connectivity index (χ1v) is 8.27. The summed E-state index contributed by atoms with van der Waals surface area (Å²) in [5, 5.41) is 0. The molecule has 3 rings (SSSR count). The van der Waals surface area contributed by atoms with E-state index in [1.807, 2.05) is 0 Å². The summed E-state index contributed by atoms with van der Waals surface area (Å²) in [5.41, 5.74) is 0. The minimum absolute atomic E-state index is 0. The molecular weight excluding hydrogens is 506 g/mol. The standard InChI is InChI=1S/C16H32N2O2.2HI/c1-5-17(3,6-2)11-12-20-16(19)15-13-14-7-9-18(15,4)10-8-14;;/h14-15H,5-13H2,1-4H3;2*1H/q+2;;/p-2. The fourth-order valence-corrected chi connectivity index (χ4v) is 3.68. The van der Waals surface area contributed by atoms with E-state index in [2.05, 4.69) is 27.9 Å². The van der Waals surface area contributed by atoms with Gasteiger partial charge in [0.1, 0.15) is 13.2 Å². The van der Waals surface area contributed by atoms with E-state index in [1.165, 1.54) is 12.8 Å². The van der Waals surface area contributed by atoms with Gasteiger partial charge in [-0.15, -0.1) is 0 Å².